The molecule has 1 saturated carbocycles. The number of carbonyl (C=O) groups is 1. The van der Waals surface area contributed by atoms with E-state index >= 15 is 0 Å². The minimum atomic E-state index is 0.311. The maximum Gasteiger partial charge on any atom is 0.123 e. The van der Waals surface area contributed by atoms with Crippen molar-refractivity contribution in [3.05, 3.63) is 0 Å². The van der Waals surface area contributed by atoms with Gasteiger partial charge in [-0.15, -0.1) is 0 Å². The third-order valence-electron chi connectivity index (χ3n) is 2.76. The molecule has 2 nitrogen and oxygen atoms in total. The van der Waals surface area contributed by atoms with Crippen LogP contribution in [0.1, 0.15) is 45.4 Å². The van der Waals surface area contributed by atoms with Gasteiger partial charge in [0.25, 0.3) is 0 Å². The van der Waals surface area contributed by atoms with Gasteiger partial charge in [-0.3, -0.25) is 0 Å². The molecule has 0 bridgehead atoms. The van der Waals surface area contributed by atoms with Crippen molar-refractivity contribution >= 4 is 6.29 Å². The van der Waals surface area contributed by atoms with Crippen LogP contribution in [0, 0.1) is 5.92 Å². The number of aldehydes is 1. The fourth-order valence-electron chi connectivity index (χ4n) is 1.79. The van der Waals surface area contributed by atoms with Gasteiger partial charge in [0, 0.05) is 12.5 Å². The molecule has 0 unspecified atom stereocenters. The predicted octanol–water partition coefficient (Wildman–Crippen LogP) is 2.56. The van der Waals surface area contributed by atoms with E-state index in [-0.39, 0.29) is 0 Å². The van der Waals surface area contributed by atoms with Crippen LogP contribution in [0.25, 0.3) is 0 Å². The largest absolute Gasteiger partial charge is 0.378 e. The molecule has 0 amide bonds. The lowest BCUT2D eigenvalue weighted by Gasteiger charge is -2.25. The van der Waals surface area contributed by atoms with Gasteiger partial charge < -0.3 is 9.53 Å². The Morgan fingerprint density at radius 3 is 2.54 bits per heavy atom. The standard InChI is InChI=1S/C11H20O2/c1-2-3-8-13-11-6-4-10(9-12)5-7-11/h9-11H,2-8H2,1H3. The highest BCUT2D eigenvalue weighted by atomic mass is 16.5. The fraction of sp³-hybridized carbons (Fsp3) is 0.909. The summed E-state index contributed by atoms with van der Waals surface area (Å²) in [5.74, 6) is 0.311. The van der Waals surface area contributed by atoms with Gasteiger partial charge in [0.15, 0.2) is 0 Å². The number of hydrogen-bond acceptors (Lipinski definition) is 2. The molecule has 1 fully saturated rings. The molecule has 0 saturated heterocycles. The highest BCUT2D eigenvalue weighted by Gasteiger charge is 2.20. The molecule has 0 spiro atoms. The van der Waals surface area contributed by atoms with Crippen LogP contribution in [0.3, 0.4) is 0 Å². The van der Waals surface area contributed by atoms with Crippen LogP contribution in [0.15, 0.2) is 0 Å². The molecule has 0 atom stereocenters. The molecule has 1 aliphatic carbocycles. The Balaban J connectivity index is 2.07. The first-order chi connectivity index (χ1) is 6.36. The first-order valence-electron chi connectivity index (χ1n) is 5.43. The molecular weight excluding hydrogens is 164 g/mol. The highest BCUT2D eigenvalue weighted by molar-refractivity contribution is 5.53. The monoisotopic (exact) mass is 184 g/mol. The summed E-state index contributed by atoms with van der Waals surface area (Å²) in [5, 5.41) is 0. The van der Waals surface area contributed by atoms with Crippen LogP contribution in [0.2, 0.25) is 0 Å². The van der Waals surface area contributed by atoms with E-state index in [0.717, 1.165) is 45.0 Å². The van der Waals surface area contributed by atoms with E-state index in [2.05, 4.69) is 6.92 Å². The van der Waals surface area contributed by atoms with Crippen molar-refractivity contribution in [2.24, 2.45) is 5.92 Å². The number of unbranched alkanes of at least 4 members (excludes halogenated alkanes) is 1. The van der Waals surface area contributed by atoms with Gasteiger partial charge in [-0.05, 0) is 32.1 Å². The van der Waals surface area contributed by atoms with Crippen molar-refractivity contribution in [2.75, 3.05) is 6.61 Å². The smallest absolute Gasteiger partial charge is 0.123 e. The van der Waals surface area contributed by atoms with E-state index < -0.39 is 0 Å². The van der Waals surface area contributed by atoms with Crippen molar-refractivity contribution in [3.63, 3.8) is 0 Å². The molecule has 0 aromatic heterocycles. The average molecular weight is 184 g/mol. The zero-order valence-electron chi connectivity index (χ0n) is 8.50. The second kappa shape index (κ2) is 6.14. The van der Waals surface area contributed by atoms with E-state index in [9.17, 15) is 4.79 Å². The van der Waals surface area contributed by atoms with Gasteiger partial charge >= 0.3 is 0 Å². The van der Waals surface area contributed by atoms with Gasteiger partial charge in [-0.2, -0.15) is 0 Å². The highest BCUT2D eigenvalue weighted by Crippen LogP contribution is 2.24. The van der Waals surface area contributed by atoms with Crippen molar-refractivity contribution in [1.82, 2.24) is 0 Å². The van der Waals surface area contributed by atoms with Crippen LogP contribution < -0.4 is 0 Å². The van der Waals surface area contributed by atoms with Gasteiger partial charge in [-0.1, -0.05) is 13.3 Å². The van der Waals surface area contributed by atoms with E-state index in [0.29, 0.717) is 12.0 Å². The number of ether oxygens (including phenoxy) is 1. The Hall–Kier alpha value is -0.370. The number of carbonyl (C=O) groups excluding carboxylic acids is 1. The second-order valence-electron chi connectivity index (χ2n) is 3.90. The fourth-order valence-corrected chi connectivity index (χ4v) is 1.79. The Labute approximate surface area is 80.7 Å². The second-order valence-corrected chi connectivity index (χ2v) is 3.90. The maximum absolute atomic E-state index is 10.5. The molecule has 13 heavy (non-hydrogen) atoms. The van der Waals surface area contributed by atoms with Gasteiger partial charge in [0.1, 0.15) is 6.29 Å². The zero-order valence-corrected chi connectivity index (χ0v) is 8.50. The van der Waals surface area contributed by atoms with Gasteiger partial charge in [0.05, 0.1) is 6.10 Å². The lowest BCUT2D eigenvalue weighted by Crippen LogP contribution is -2.22. The molecule has 2 heteroatoms. The maximum atomic E-state index is 10.5. The lowest BCUT2D eigenvalue weighted by atomic mass is 9.88. The summed E-state index contributed by atoms with van der Waals surface area (Å²) in [6.45, 7) is 3.07. The number of rotatable bonds is 5. The van der Waals surface area contributed by atoms with E-state index in [1.165, 1.54) is 6.42 Å². The van der Waals surface area contributed by atoms with Crippen molar-refractivity contribution in [1.29, 1.82) is 0 Å². The summed E-state index contributed by atoms with van der Waals surface area (Å²) in [7, 11) is 0. The Bertz CT molecular complexity index is 137. The third kappa shape index (κ3) is 3.90. The van der Waals surface area contributed by atoms with Crippen LogP contribution in [0.5, 0.6) is 0 Å². The molecule has 0 radical (unpaired) electrons. The van der Waals surface area contributed by atoms with E-state index in [4.69, 9.17) is 4.74 Å². The van der Waals surface area contributed by atoms with Crippen LogP contribution >= 0.6 is 0 Å². The first-order valence-corrected chi connectivity index (χ1v) is 5.43. The minimum absolute atomic E-state index is 0.311. The summed E-state index contributed by atoms with van der Waals surface area (Å²) in [4.78, 5) is 10.5. The summed E-state index contributed by atoms with van der Waals surface area (Å²) < 4.78 is 5.70. The zero-order chi connectivity index (χ0) is 9.52. The topological polar surface area (TPSA) is 26.3 Å². The Kier molecular flexibility index (Phi) is 5.06. The molecule has 0 N–H and O–H groups in total. The van der Waals surface area contributed by atoms with Crippen molar-refractivity contribution < 1.29 is 9.53 Å². The molecule has 1 aliphatic rings. The van der Waals surface area contributed by atoms with Gasteiger partial charge in [0.2, 0.25) is 0 Å². The molecule has 0 aliphatic heterocycles. The van der Waals surface area contributed by atoms with Crippen molar-refractivity contribution in [3.8, 4) is 0 Å². The van der Waals surface area contributed by atoms with Crippen LogP contribution in [-0.2, 0) is 9.53 Å². The number of hydrogen-bond donors (Lipinski definition) is 0. The third-order valence-corrected chi connectivity index (χ3v) is 2.76. The SMILES string of the molecule is CCCCOC1CCC(C=O)CC1. The van der Waals surface area contributed by atoms with E-state index in [1.807, 2.05) is 0 Å². The first kappa shape index (κ1) is 10.7. The van der Waals surface area contributed by atoms with Crippen molar-refractivity contribution in [2.45, 2.75) is 51.6 Å². The minimum Gasteiger partial charge on any atom is -0.378 e. The molecular formula is C11H20O2. The summed E-state index contributed by atoms with van der Waals surface area (Å²) in [6.07, 6.45) is 8.10. The Morgan fingerprint density at radius 1 is 1.31 bits per heavy atom. The molecule has 0 aromatic rings. The summed E-state index contributed by atoms with van der Waals surface area (Å²) in [6, 6.07) is 0. The Morgan fingerprint density at radius 2 is 2.00 bits per heavy atom. The average Bonchev–Trinajstić information content (AvgIpc) is 2.19. The van der Waals surface area contributed by atoms with Crippen LogP contribution in [0.4, 0.5) is 0 Å². The predicted molar refractivity (Wildman–Crippen MR) is 52.7 cm³/mol. The molecule has 1 rings (SSSR count). The molecule has 0 aromatic carbocycles. The summed E-state index contributed by atoms with van der Waals surface area (Å²) >= 11 is 0. The van der Waals surface area contributed by atoms with Crippen LogP contribution in [-0.4, -0.2) is 19.0 Å². The normalized spacial score (nSPS) is 28.7. The quantitative estimate of drug-likeness (QED) is 0.485. The molecule has 0 heterocycles. The summed E-state index contributed by atoms with van der Waals surface area (Å²) in [5.41, 5.74) is 0. The van der Waals surface area contributed by atoms with E-state index in [1.54, 1.807) is 0 Å². The lowest BCUT2D eigenvalue weighted by molar-refractivity contribution is -0.112. The molecule has 76 valence electrons. The van der Waals surface area contributed by atoms with Gasteiger partial charge in [-0.25, -0.2) is 0 Å².